The van der Waals surface area contributed by atoms with Gasteiger partial charge in [-0.25, -0.2) is 4.39 Å². The quantitative estimate of drug-likeness (QED) is 0.568. The third-order valence-electron chi connectivity index (χ3n) is 1.96. The fourth-order valence-electron chi connectivity index (χ4n) is 1.36. The zero-order chi connectivity index (χ0) is 10.8. The summed E-state index contributed by atoms with van der Waals surface area (Å²) in [6.07, 6.45) is -2.08. The Bertz CT molecular complexity index is 184. The number of nitrogens with one attached hydrogen (secondary N) is 2. The number of hydrogen-bond acceptors (Lipinski definition) is 4. The van der Waals surface area contributed by atoms with Gasteiger partial charge in [-0.05, 0) is 20.8 Å². The van der Waals surface area contributed by atoms with E-state index in [1.54, 1.807) is 0 Å². The lowest BCUT2D eigenvalue weighted by atomic mass is 10.2. The topological polar surface area (TPSA) is 53.5 Å². The van der Waals surface area contributed by atoms with Crippen molar-refractivity contribution < 1.29 is 14.2 Å². The van der Waals surface area contributed by atoms with Gasteiger partial charge in [0.15, 0.2) is 0 Å². The minimum atomic E-state index is -1.11. The molecule has 5 heteroatoms. The minimum Gasteiger partial charge on any atom is -0.356 e. The molecule has 0 radical (unpaired) electrons. The summed E-state index contributed by atoms with van der Waals surface area (Å²) >= 11 is 0. The number of hydrogen-bond donors (Lipinski definition) is 3. The first-order valence-electron chi connectivity index (χ1n) is 4.85. The van der Waals surface area contributed by atoms with Gasteiger partial charge in [0, 0.05) is 13.1 Å². The Morgan fingerprint density at radius 3 is 2.57 bits per heavy atom. The SMILES string of the molecule is CC(C)(C)OC(O)N[C@H]1CNC[C@@H]1F. The molecule has 1 saturated heterocycles. The summed E-state index contributed by atoms with van der Waals surface area (Å²) in [4.78, 5) is 0. The fraction of sp³-hybridized carbons (Fsp3) is 1.00. The van der Waals surface area contributed by atoms with Gasteiger partial charge in [0.2, 0.25) is 6.41 Å². The highest BCUT2D eigenvalue weighted by molar-refractivity contribution is 4.86. The first kappa shape index (κ1) is 11.8. The van der Waals surface area contributed by atoms with Gasteiger partial charge in [0.1, 0.15) is 6.17 Å². The Hall–Kier alpha value is -0.230. The monoisotopic (exact) mass is 206 g/mol. The summed E-state index contributed by atoms with van der Waals surface area (Å²) in [6, 6.07) is -0.368. The van der Waals surface area contributed by atoms with Gasteiger partial charge in [-0.1, -0.05) is 0 Å². The molecule has 1 aliphatic rings. The van der Waals surface area contributed by atoms with E-state index in [2.05, 4.69) is 10.6 Å². The second-order valence-corrected chi connectivity index (χ2v) is 4.53. The van der Waals surface area contributed by atoms with Gasteiger partial charge in [-0.3, -0.25) is 5.32 Å². The summed E-state index contributed by atoms with van der Waals surface area (Å²) in [7, 11) is 0. The average molecular weight is 206 g/mol. The van der Waals surface area contributed by atoms with Crippen molar-refractivity contribution in [3.63, 3.8) is 0 Å². The van der Waals surface area contributed by atoms with Gasteiger partial charge in [-0.15, -0.1) is 0 Å². The molecule has 0 aliphatic carbocycles. The van der Waals surface area contributed by atoms with Crippen LogP contribution in [0.4, 0.5) is 4.39 Å². The Morgan fingerprint density at radius 2 is 2.14 bits per heavy atom. The van der Waals surface area contributed by atoms with Crippen LogP contribution in [-0.2, 0) is 4.74 Å². The number of aliphatic hydroxyl groups excluding tert-OH is 1. The Balaban J connectivity index is 2.29. The molecule has 1 heterocycles. The van der Waals surface area contributed by atoms with E-state index in [-0.39, 0.29) is 6.04 Å². The number of rotatable bonds is 3. The molecule has 1 aliphatic heterocycles. The van der Waals surface area contributed by atoms with E-state index in [1.165, 1.54) is 0 Å². The molecule has 0 amide bonds. The highest BCUT2D eigenvalue weighted by Gasteiger charge is 2.29. The maximum absolute atomic E-state index is 13.1. The van der Waals surface area contributed by atoms with Crippen LogP contribution in [0.5, 0.6) is 0 Å². The molecule has 3 atom stereocenters. The first-order valence-corrected chi connectivity index (χ1v) is 4.85. The van der Waals surface area contributed by atoms with Gasteiger partial charge in [-0.2, -0.15) is 0 Å². The standard InChI is InChI=1S/C9H19FN2O2/c1-9(2,3)14-8(13)12-7-5-11-4-6(7)10/h6-8,11-13H,4-5H2,1-3H3/t6-,7-,8?/m0/s1. The highest BCUT2D eigenvalue weighted by atomic mass is 19.1. The fourth-order valence-corrected chi connectivity index (χ4v) is 1.36. The van der Waals surface area contributed by atoms with E-state index in [4.69, 9.17) is 4.74 Å². The minimum absolute atomic E-state index is 0.333. The summed E-state index contributed by atoms with van der Waals surface area (Å²) in [6.45, 7) is 6.35. The van der Waals surface area contributed by atoms with E-state index in [1.807, 2.05) is 20.8 Å². The van der Waals surface area contributed by atoms with Crippen LogP contribution in [-0.4, -0.2) is 42.4 Å². The third-order valence-corrected chi connectivity index (χ3v) is 1.96. The van der Waals surface area contributed by atoms with Crippen LogP contribution in [0.1, 0.15) is 20.8 Å². The Labute approximate surface area is 83.8 Å². The molecule has 0 aromatic rings. The number of ether oxygens (including phenoxy) is 1. The van der Waals surface area contributed by atoms with Gasteiger partial charge < -0.3 is 15.2 Å². The van der Waals surface area contributed by atoms with E-state index in [0.717, 1.165) is 0 Å². The zero-order valence-electron chi connectivity index (χ0n) is 8.88. The molecule has 0 aromatic carbocycles. The second-order valence-electron chi connectivity index (χ2n) is 4.53. The molecule has 3 N–H and O–H groups in total. The normalized spacial score (nSPS) is 30.6. The lowest BCUT2D eigenvalue weighted by molar-refractivity contribution is -0.186. The third kappa shape index (κ3) is 3.88. The average Bonchev–Trinajstić information content (AvgIpc) is 2.32. The van der Waals surface area contributed by atoms with E-state index >= 15 is 0 Å². The number of alkyl halides is 1. The van der Waals surface area contributed by atoms with Crippen molar-refractivity contribution in [3.05, 3.63) is 0 Å². The van der Waals surface area contributed by atoms with Crippen LogP contribution < -0.4 is 10.6 Å². The van der Waals surface area contributed by atoms with Crippen LogP contribution >= 0.6 is 0 Å². The smallest absolute Gasteiger partial charge is 0.214 e. The van der Waals surface area contributed by atoms with Crippen molar-refractivity contribution >= 4 is 0 Å². The molecular weight excluding hydrogens is 187 g/mol. The number of aliphatic hydroxyl groups is 1. The van der Waals surface area contributed by atoms with Crippen LogP contribution in [0.25, 0.3) is 0 Å². The maximum Gasteiger partial charge on any atom is 0.214 e. The first-order chi connectivity index (χ1) is 6.38. The largest absolute Gasteiger partial charge is 0.356 e. The van der Waals surface area contributed by atoms with Gasteiger partial charge >= 0.3 is 0 Å². The van der Waals surface area contributed by atoms with Crippen molar-refractivity contribution in [2.24, 2.45) is 0 Å². The summed E-state index contributed by atoms with van der Waals surface area (Å²) in [5.41, 5.74) is -0.440. The molecule has 1 rings (SSSR count). The van der Waals surface area contributed by atoms with Crippen LogP contribution in [0, 0.1) is 0 Å². The van der Waals surface area contributed by atoms with Crippen molar-refractivity contribution in [1.82, 2.24) is 10.6 Å². The van der Waals surface area contributed by atoms with E-state index in [9.17, 15) is 9.50 Å². The maximum atomic E-state index is 13.1. The summed E-state index contributed by atoms with van der Waals surface area (Å²) in [5, 5.41) is 15.0. The summed E-state index contributed by atoms with van der Waals surface area (Å²) in [5.74, 6) is 0. The van der Waals surface area contributed by atoms with Crippen LogP contribution in [0.3, 0.4) is 0 Å². The molecule has 0 aromatic heterocycles. The molecule has 0 bridgehead atoms. The van der Waals surface area contributed by atoms with Crippen LogP contribution in [0.2, 0.25) is 0 Å². The lowest BCUT2D eigenvalue weighted by Crippen LogP contribution is -2.47. The molecule has 4 nitrogen and oxygen atoms in total. The van der Waals surface area contributed by atoms with E-state index in [0.29, 0.717) is 13.1 Å². The molecular formula is C9H19FN2O2. The molecule has 14 heavy (non-hydrogen) atoms. The highest BCUT2D eigenvalue weighted by Crippen LogP contribution is 2.10. The Kier molecular flexibility index (Phi) is 3.83. The zero-order valence-corrected chi connectivity index (χ0v) is 8.88. The van der Waals surface area contributed by atoms with Crippen molar-refractivity contribution in [2.45, 2.75) is 45.0 Å². The van der Waals surface area contributed by atoms with Crippen LogP contribution in [0.15, 0.2) is 0 Å². The van der Waals surface area contributed by atoms with Gasteiger partial charge in [0.05, 0.1) is 11.6 Å². The molecule has 0 saturated carbocycles. The predicted molar refractivity (Wildman–Crippen MR) is 51.5 cm³/mol. The summed E-state index contributed by atoms with van der Waals surface area (Å²) < 4.78 is 18.3. The molecule has 0 spiro atoms. The molecule has 1 unspecified atom stereocenters. The predicted octanol–water partition coefficient (Wildman–Crippen LogP) is -0.0231. The van der Waals surface area contributed by atoms with Crippen molar-refractivity contribution in [2.75, 3.05) is 13.1 Å². The van der Waals surface area contributed by atoms with Crippen molar-refractivity contribution in [3.8, 4) is 0 Å². The lowest BCUT2D eigenvalue weighted by Gasteiger charge is -2.26. The Morgan fingerprint density at radius 1 is 1.50 bits per heavy atom. The number of halogens is 1. The molecule has 1 fully saturated rings. The van der Waals surface area contributed by atoms with Crippen molar-refractivity contribution in [1.29, 1.82) is 0 Å². The molecule has 84 valence electrons. The van der Waals surface area contributed by atoms with E-state index < -0.39 is 18.2 Å². The van der Waals surface area contributed by atoms with Gasteiger partial charge in [0.25, 0.3) is 0 Å². The second kappa shape index (κ2) is 4.53.